The van der Waals surface area contributed by atoms with E-state index in [9.17, 15) is 4.79 Å². The second-order valence-electron chi connectivity index (χ2n) is 4.55. The fourth-order valence-electron chi connectivity index (χ4n) is 2.16. The third-order valence-electron chi connectivity index (χ3n) is 3.18. The molecule has 2 N–H and O–H groups in total. The van der Waals surface area contributed by atoms with E-state index in [0.29, 0.717) is 17.3 Å². The summed E-state index contributed by atoms with van der Waals surface area (Å²) in [5, 5.41) is 12.5. The highest BCUT2D eigenvalue weighted by atomic mass is 35.5. The fraction of sp³-hybridized carbons (Fsp3) is 0.462. The van der Waals surface area contributed by atoms with Gasteiger partial charge in [-0.15, -0.1) is 0 Å². The van der Waals surface area contributed by atoms with Gasteiger partial charge in [0.05, 0.1) is 10.7 Å². The van der Waals surface area contributed by atoms with Crippen molar-refractivity contribution >= 4 is 23.3 Å². The Kier molecular flexibility index (Phi) is 4.44. The third-order valence-corrected chi connectivity index (χ3v) is 3.51. The Morgan fingerprint density at radius 1 is 1.50 bits per heavy atom. The van der Waals surface area contributed by atoms with Gasteiger partial charge in [-0.3, -0.25) is 0 Å². The largest absolute Gasteiger partial charge is 0.396 e. The van der Waals surface area contributed by atoms with E-state index in [1.807, 2.05) is 12.1 Å². The molecule has 0 spiro atoms. The molecule has 1 saturated heterocycles. The van der Waals surface area contributed by atoms with E-state index in [0.717, 1.165) is 19.4 Å². The van der Waals surface area contributed by atoms with Crippen LogP contribution in [0.3, 0.4) is 0 Å². The van der Waals surface area contributed by atoms with Gasteiger partial charge < -0.3 is 15.3 Å². The van der Waals surface area contributed by atoms with E-state index >= 15 is 0 Å². The Morgan fingerprint density at radius 3 is 3.00 bits per heavy atom. The standard InChI is InChI=1S/C13H17ClN2O2/c14-11-5-1-2-6-12(11)15-13(18)16-7-3-4-10(8-16)9-17/h1-2,5-6,10,17H,3-4,7-9H2,(H,15,18). The maximum absolute atomic E-state index is 12.1. The Labute approximate surface area is 112 Å². The first-order valence-corrected chi connectivity index (χ1v) is 6.50. The summed E-state index contributed by atoms with van der Waals surface area (Å²) >= 11 is 5.99. The fourth-order valence-corrected chi connectivity index (χ4v) is 2.34. The van der Waals surface area contributed by atoms with Crippen LogP contribution in [0.25, 0.3) is 0 Å². The number of aliphatic hydroxyl groups is 1. The number of halogens is 1. The predicted molar refractivity (Wildman–Crippen MR) is 71.9 cm³/mol. The Bertz CT molecular complexity index is 425. The topological polar surface area (TPSA) is 52.6 Å². The summed E-state index contributed by atoms with van der Waals surface area (Å²) in [6.45, 7) is 1.47. The molecule has 1 fully saturated rings. The molecule has 0 aliphatic carbocycles. The minimum absolute atomic E-state index is 0.135. The number of piperidine rings is 1. The molecule has 18 heavy (non-hydrogen) atoms. The van der Waals surface area contributed by atoms with Gasteiger partial charge in [-0.25, -0.2) is 4.79 Å². The number of likely N-dealkylation sites (tertiary alicyclic amines) is 1. The number of hydrogen-bond donors (Lipinski definition) is 2. The SMILES string of the molecule is O=C(Nc1ccccc1Cl)N1CCCC(CO)C1. The number of aliphatic hydroxyl groups excluding tert-OH is 1. The minimum Gasteiger partial charge on any atom is -0.396 e. The van der Waals surface area contributed by atoms with Gasteiger partial charge >= 0.3 is 6.03 Å². The monoisotopic (exact) mass is 268 g/mol. The average Bonchev–Trinajstić information content (AvgIpc) is 2.41. The van der Waals surface area contributed by atoms with Crippen molar-refractivity contribution in [3.05, 3.63) is 29.3 Å². The molecule has 2 rings (SSSR count). The third kappa shape index (κ3) is 3.15. The second-order valence-corrected chi connectivity index (χ2v) is 4.95. The molecule has 0 bridgehead atoms. The summed E-state index contributed by atoms with van der Waals surface area (Å²) in [4.78, 5) is 13.8. The number of carbonyl (C=O) groups is 1. The Hall–Kier alpha value is -1.26. The van der Waals surface area contributed by atoms with E-state index in [4.69, 9.17) is 16.7 Å². The Morgan fingerprint density at radius 2 is 2.28 bits per heavy atom. The second kappa shape index (κ2) is 6.07. The molecular weight excluding hydrogens is 252 g/mol. The summed E-state index contributed by atoms with van der Waals surface area (Å²) in [5.41, 5.74) is 0.621. The summed E-state index contributed by atoms with van der Waals surface area (Å²) in [5.74, 6) is 0.191. The van der Waals surface area contributed by atoms with Crippen molar-refractivity contribution in [3.63, 3.8) is 0 Å². The zero-order chi connectivity index (χ0) is 13.0. The summed E-state index contributed by atoms with van der Waals surface area (Å²) in [6, 6.07) is 7.01. The number of anilines is 1. The number of amides is 2. The Balaban J connectivity index is 1.97. The first-order chi connectivity index (χ1) is 8.70. The molecule has 0 radical (unpaired) electrons. The molecule has 1 heterocycles. The van der Waals surface area contributed by atoms with Gasteiger partial charge in [0, 0.05) is 19.7 Å². The molecule has 1 aliphatic rings. The van der Waals surface area contributed by atoms with Crippen molar-refractivity contribution in [2.45, 2.75) is 12.8 Å². The van der Waals surface area contributed by atoms with Crippen molar-refractivity contribution in [2.75, 3.05) is 25.0 Å². The van der Waals surface area contributed by atoms with Crippen molar-refractivity contribution in [1.82, 2.24) is 4.90 Å². The normalized spacial score (nSPS) is 19.7. The summed E-state index contributed by atoms with van der Waals surface area (Å²) in [6.07, 6.45) is 1.91. The number of nitrogens with one attached hydrogen (secondary N) is 1. The van der Waals surface area contributed by atoms with Crippen LogP contribution in [0.15, 0.2) is 24.3 Å². The first-order valence-electron chi connectivity index (χ1n) is 6.12. The molecule has 1 aromatic carbocycles. The minimum atomic E-state index is -0.152. The van der Waals surface area contributed by atoms with Crippen LogP contribution in [-0.2, 0) is 0 Å². The quantitative estimate of drug-likeness (QED) is 0.866. The summed E-state index contributed by atoms with van der Waals surface area (Å²) in [7, 11) is 0. The van der Waals surface area contributed by atoms with Crippen LogP contribution in [0, 0.1) is 5.92 Å². The molecule has 0 aromatic heterocycles. The highest BCUT2D eigenvalue weighted by Gasteiger charge is 2.23. The van der Waals surface area contributed by atoms with Crippen molar-refractivity contribution in [2.24, 2.45) is 5.92 Å². The van der Waals surface area contributed by atoms with Crippen LogP contribution >= 0.6 is 11.6 Å². The molecule has 4 nitrogen and oxygen atoms in total. The van der Waals surface area contributed by atoms with E-state index in [1.165, 1.54) is 0 Å². The molecule has 1 aromatic rings. The molecule has 1 aliphatic heterocycles. The van der Waals surface area contributed by atoms with Gasteiger partial charge in [-0.2, -0.15) is 0 Å². The average molecular weight is 269 g/mol. The van der Waals surface area contributed by atoms with Gasteiger partial charge in [0.2, 0.25) is 0 Å². The smallest absolute Gasteiger partial charge is 0.321 e. The lowest BCUT2D eigenvalue weighted by Crippen LogP contribution is -2.43. The molecule has 2 amide bonds. The highest BCUT2D eigenvalue weighted by Crippen LogP contribution is 2.22. The molecule has 1 unspecified atom stereocenters. The maximum atomic E-state index is 12.1. The zero-order valence-corrected chi connectivity index (χ0v) is 10.9. The zero-order valence-electron chi connectivity index (χ0n) is 10.1. The number of hydrogen-bond acceptors (Lipinski definition) is 2. The highest BCUT2D eigenvalue weighted by molar-refractivity contribution is 6.33. The van der Waals surface area contributed by atoms with Crippen LogP contribution in [0.2, 0.25) is 5.02 Å². The van der Waals surface area contributed by atoms with E-state index in [-0.39, 0.29) is 18.6 Å². The molecule has 1 atom stereocenters. The molecule has 0 saturated carbocycles. The lowest BCUT2D eigenvalue weighted by Gasteiger charge is -2.31. The van der Waals surface area contributed by atoms with Crippen LogP contribution in [0.1, 0.15) is 12.8 Å². The number of nitrogens with zero attached hydrogens (tertiary/aromatic N) is 1. The van der Waals surface area contributed by atoms with Crippen molar-refractivity contribution in [1.29, 1.82) is 0 Å². The number of para-hydroxylation sites is 1. The van der Waals surface area contributed by atoms with E-state index in [2.05, 4.69) is 5.32 Å². The molecule has 98 valence electrons. The number of carbonyl (C=O) groups excluding carboxylic acids is 1. The number of rotatable bonds is 2. The first kappa shape index (κ1) is 13.2. The van der Waals surface area contributed by atoms with Crippen LogP contribution in [0.4, 0.5) is 10.5 Å². The van der Waals surface area contributed by atoms with Crippen LogP contribution in [-0.4, -0.2) is 35.7 Å². The lowest BCUT2D eigenvalue weighted by atomic mass is 9.99. The van der Waals surface area contributed by atoms with Gasteiger partial charge in [-0.1, -0.05) is 23.7 Å². The molecular formula is C13H17ClN2O2. The summed E-state index contributed by atoms with van der Waals surface area (Å²) < 4.78 is 0. The van der Waals surface area contributed by atoms with Gasteiger partial charge in [0.15, 0.2) is 0 Å². The lowest BCUT2D eigenvalue weighted by molar-refractivity contribution is 0.136. The maximum Gasteiger partial charge on any atom is 0.321 e. The van der Waals surface area contributed by atoms with Crippen molar-refractivity contribution in [3.8, 4) is 0 Å². The van der Waals surface area contributed by atoms with Gasteiger partial charge in [-0.05, 0) is 30.9 Å². The number of benzene rings is 1. The van der Waals surface area contributed by atoms with E-state index < -0.39 is 0 Å². The van der Waals surface area contributed by atoms with Crippen LogP contribution < -0.4 is 5.32 Å². The predicted octanol–water partition coefficient (Wildman–Crippen LogP) is 2.58. The van der Waals surface area contributed by atoms with E-state index in [1.54, 1.807) is 17.0 Å². The molecule has 5 heteroatoms. The van der Waals surface area contributed by atoms with Gasteiger partial charge in [0.1, 0.15) is 0 Å². The number of urea groups is 1. The van der Waals surface area contributed by atoms with Crippen LogP contribution in [0.5, 0.6) is 0 Å². The van der Waals surface area contributed by atoms with Crippen molar-refractivity contribution < 1.29 is 9.90 Å². The van der Waals surface area contributed by atoms with Gasteiger partial charge in [0.25, 0.3) is 0 Å².